The number of aromatic nitrogens is 2. The number of benzene rings is 4. The number of rotatable bonds is 4. The topological polar surface area (TPSA) is 49.3 Å². The number of anilines is 1. The van der Waals surface area contributed by atoms with Crippen LogP contribution in [0.15, 0.2) is 103 Å². The monoisotopic (exact) mass is 488 g/mol. The number of hydrogen-bond acceptors (Lipinski definition) is 4. The normalized spacial score (nSPS) is 13.6. The highest BCUT2D eigenvalue weighted by Crippen LogP contribution is 2.31. The molecule has 0 aliphatic carbocycles. The lowest BCUT2D eigenvalue weighted by molar-refractivity contribution is 0.0747. The van der Waals surface area contributed by atoms with Gasteiger partial charge in [-0.25, -0.2) is 14.4 Å². The SMILES string of the molecule is O=C(c1ccc2nc(-c3ccccc3)c(-c3ccccc3)nc2c1)N1CCN(c2ccc(F)cc2)CC1. The van der Waals surface area contributed by atoms with E-state index in [-0.39, 0.29) is 11.7 Å². The van der Waals surface area contributed by atoms with Crippen LogP contribution in [0.5, 0.6) is 0 Å². The lowest BCUT2D eigenvalue weighted by Crippen LogP contribution is -2.48. The number of nitrogens with zero attached hydrogens (tertiary/aromatic N) is 4. The first kappa shape index (κ1) is 22.9. The van der Waals surface area contributed by atoms with Crippen LogP contribution in [0.3, 0.4) is 0 Å². The summed E-state index contributed by atoms with van der Waals surface area (Å²) in [6.07, 6.45) is 0. The van der Waals surface area contributed by atoms with Crippen LogP contribution < -0.4 is 4.90 Å². The number of amides is 1. The molecule has 0 bridgehead atoms. The van der Waals surface area contributed by atoms with Gasteiger partial charge in [0.1, 0.15) is 5.82 Å². The lowest BCUT2D eigenvalue weighted by atomic mass is 10.0. The van der Waals surface area contributed by atoms with Gasteiger partial charge in [-0.15, -0.1) is 0 Å². The molecule has 0 spiro atoms. The Bertz CT molecular complexity index is 1550. The molecule has 0 saturated carbocycles. The van der Waals surface area contributed by atoms with Crippen LogP contribution in [0, 0.1) is 5.82 Å². The third-order valence-electron chi connectivity index (χ3n) is 6.76. The summed E-state index contributed by atoms with van der Waals surface area (Å²) >= 11 is 0. The van der Waals surface area contributed by atoms with Crippen LogP contribution in [0.4, 0.5) is 10.1 Å². The first-order valence-electron chi connectivity index (χ1n) is 12.4. The second-order valence-electron chi connectivity index (χ2n) is 9.11. The first-order valence-corrected chi connectivity index (χ1v) is 12.4. The molecule has 0 atom stereocenters. The van der Waals surface area contributed by atoms with E-state index >= 15 is 0 Å². The molecule has 182 valence electrons. The van der Waals surface area contributed by atoms with Crippen molar-refractivity contribution in [3.05, 3.63) is 115 Å². The van der Waals surface area contributed by atoms with Gasteiger partial charge in [0.2, 0.25) is 0 Å². The maximum absolute atomic E-state index is 13.4. The summed E-state index contributed by atoms with van der Waals surface area (Å²) in [6, 6.07) is 32.1. The van der Waals surface area contributed by atoms with Gasteiger partial charge in [-0.2, -0.15) is 0 Å². The Balaban J connectivity index is 1.29. The van der Waals surface area contributed by atoms with Gasteiger partial charge in [-0.3, -0.25) is 4.79 Å². The maximum atomic E-state index is 13.4. The van der Waals surface area contributed by atoms with Gasteiger partial charge >= 0.3 is 0 Å². The van der Waals surface area contributed by atoms with Gasteiger partial charge in [0.05, 0.1) is 22.4 Å². The minimum atomic E-state index is -0.247. The van der Waals surface area contributed by atoms with E-state index in [9.17, 15) is 9.18 Å². The molecule has 1 aliphatic heterocycles. The molecule has 4 aromatic carbocycles. The number of carbonyl (C=O) groups is 1. The molecule has 6 rings (SSSR count). The molecule has 2 heterocycles. The number of hydrogen-bond donors (Lipinski definition) is 0. The van der Waals surface area contributed by atoms with Crippen LogP contribution in [-0.2, 0) is 0 Å². The molecule has 1 aliphatic rings. The van der Waals surface area contributed by atoms with Crippen molar-refractivity contribution in [2.75, 3.05) is 31.1 Å². The standard InChI is InChI=1S/C31H25FN4O/c32-25-12-14-26(15-13-25)35-17-19-36(20-18-35)31(37)24-11-16-27-28(21-24)34-30(23-9-5-2-6-10-23)29(33-27)22-7-3-1-4-8-22/h1-16,21H,17-20H2. The van der Waals surface area contributed by atoms with Crippen molar-refractivity contribution in [3.63, 3.8) is 0 Å². The van der Waals surface area contributed by atoms with Gasteiger partial charge in [0.15, 0.2) is 0 Å². The second kappa shape index (κ2) is 9.82. The van der Waals surface area contributed by atoms with E-state index in [1.165, 1.54) is 12.1 Å². The summed E-state index contributed by atoms with van der Waals surface area (Å²) in [5, 5.41) is 0. The quantitative estimate of drug-likeness (QED) is 0.308. The van der Waals surface area contributed by atoms with Crippen LogP contribution >= 0.6 is 0 Å². The van der Waals surface area contributed by atoms with E-state index in [2.05, 4.69) is 4.90 Å². The van der Waals surface area contributed by atoms with E-state index in [0.717, 1.165) is 33.7 Å². The van der Waals surface area contributed by atoms with Gasteiger partial charge in [0, 0.05) is 48.6 Å². The Morgan fingerprint density at radius 2 is 1.22 bits per heavy atom. The number of fused-ring (bicyclic) bond motifs is 1. The third kappa shape index (κ3) is 4.66. The molecule has 0 radical (unpaired) electrons. The Morgan fingerprint density at radius 3 is 1.81 bits per heavy atom. The summed E-state index contributed by atoms with van der Waals surface area (Å²) < 4.78 is 13.3. The molecular formula is C31H25FN4O. The first-order chi connectivity index (χ1) is 18.2. The Morgan fingerprint density at radius 1 is 0.649 bits per heavy atom. The van der Waals surface area contributed by atoms with E-state index in [1.807, 2.05) is 83.8 Å². The summed E-state index contributed by atoms with van der Waals surface area (Å²) in [5.74, 6) is -0.265. The van der Waals surface area contributed by atoms with Crippen LogP contribution in [0.1, 0.15) is 10.4 Å². The van der Waals surface area contributed by atoms with Gasteiger partial charge in [-0.05, 0) is 42.5 Å². The molecule has 1 fully saturated rings. The van der Waals surface area contributed by atoms with Crippen LogP contribution in [-0.4, -0.2) is 47.0 Å². The molecule has 5 nitrogen and oxygen atoms in total. The average molecular weight is 489 g/mol. The minimum Gasteiger partial charge on any atom is -0.368 e. The molecule has 0 N–H and O–H groups in total. The van der Waals surface area contributed by atoms with E-state index in [1.54, 1.807) is 12.1 Å². The average Bonchev–Trinajstić information content (AvgIpc) is 2.97. The van der Waals surface area contributed by atoms with Crippen molar-refractivity contribution >= 4 is 22.6 Å². The fourth-order valence-electron chi connectivity index (χ4n) is 4.78. The zero-order valence-electron chi connectivity index (χ0n) is 20.2. The predicted molar refractivity (Wildman–Crippen MR) is 145 cm³/mol. The van der Waals surface area contributed by atoms with Crippen molar-refractivity contribution in [2.24, 2.45) is 0 Å². The maximum Gasteiger partial charge on any atom is 0.254 e. The fourth-order valence-corrected chi connectivity index (χ4v) is 4.78. The van der Waals surface area contributed by atoms with Gasteiger partial charge in [0.25, 0.3) is 5.91 Å². The summed E-state index contributed by atoms with van der Waals surface area (Å²) in [6.45, 7) is 2.59. The largest absolute Gasteiger partial charge is 0.368 e. The number of halogens is 1. The summed E-state index contributed by atoms with van der Waals surface area (Å²) in [4.78, 5) is 27.4. The zero-order valence-corrected chi connectivity index (χ0v) is 20.2. The van der Waals surface area contributed by atoms with Crippen LogP contribution in [0.25, 0.3) is 33.5 Å². The highest BCUT2D eigenvalue weighted by atomic mass is 19.1. The highest BCUT2D eigenvalue weighted by Gasteiger charge is 2.23. The molecule has 1 saturated heterocycles. The third-order valence-corrected chi connectivity index (χ3v) is 6.76. The van der Waals surface area contributed by atoms with Gasteiger partial charge in [-0.1, -0.05) is 60.7 Å². The van der Waals surface area contributed by atoms with Gasteiger partial charge < -0.3 is 9.80 Å². The molecule has 1 aromatic heterocycles. The molecule has 5 aromatic rings. The number of carbonyl (C=O) groups excluding carboxylic acids is 1. The molecular weight excluding hydrogens is 463 g/mol. The van der Waals surface area contributed by atoms with Crippen molar-refractivity contribution in [3.8, 4) is 22.5 Å². The van der Waals surface area contributed by atoms with Crippen molar-refractivity contribution in [2.45, 2.75) is 0 Å². The summed E-state index contributed by atoms with van der Waals surface area (Å²) in [7, 11) is 0. The molecule has 6 heteroatoms. The Hall–Kier alpha value is -4.58. The molecule has 0 unspecified atom stereocenters. The minimum absolute atomic E-state index is 0.0177. The smallest absolute Gasteiger partial charge is 0.254 e. The molecule has 37 heavy (non-hydrogen) atoms. The lowest BCUT2D eigenvalue weighted by Gasteiger charge is -2.36. The number of piperazine rings is 1. The zero-order chi connectivity index (χ0) is 25.2. The van der Waals surface area contributed by atoms with Crippen molar-refractivity contribution < 1.29 is 9.18 Å². The van der Waals surface area contributed by atoms with E-state index in [4.69, 9.17) is 9.97 Å². The van der Waals surface area contributed by atoms with Crippen LogP contribution in [0.2, 0.25) is 0 Å². The fraction of sp³-hybridized carbons (Fsp3) is 0.129. The van der Waals surface area contributed by atoms with E-state index < -0.39 is 0 Å². The second-order valence-corrected chi connectivity index (χ2v) is 9.11. The highest BCUT2D eigenvalue weighted by molar-refractivity contribution is 5.98. The molecule has 1 amide bonds. The van der Waals surface area contributed by atoms with E-state index in [0.29, 0.717) is 37.3 Å². The van der Waals surface area contributed by atoms with Crippen molar-refractivity contribution in [1.29, 1.82) is 0 Å². The van der Waals surface area contributed by atoms with Crippen molar-refractivity contribution in [1.82, 2.24) is 14.9 Å². The summed E-state index contributed by atoms with van der Waals surface area (Å²) in [5.41, 5.74) is 6.58. The Labute approximate surface area is 214 Å². The Kier molecular flexibility index (Phi) is 6.06. The predicted octanol–water partition coefficient (Wildman–Crippen LogP) is 6.07.